The molecule has 0 bridgehead atoms. The van der Waals surface area contributed by atoms with Gasteiger partial charge in [-0.05, 0) is 28.8 Å². The van der Waals surface area contributed by atoms with E-state index in [-0.39, 0.29) is 0 Å². The molecule has 1 aromatic rings. The van der Waals surface area contributed by atoms with Gasteiger partial charge in [0.2, 0.25) is 0 Å². The standard InChI is InChI=1S/C10H16BrN3/c1-4-12-10-8(11)6-13-9(14-10)5-7(2)3/h6-7H,4-5H2,1-3H3,(H,12,13,14). The zero-order valence-electron chi connectivity index (χ0n) is 8.84. The van der Waals surface area contributed by atoms with Gasteiger partial charge in [0.05, 0.1) is 4.47 Å². The van der Waals surface area contributed by atoms with Crippen molar-refractivity contribution >= 4 is 21.7 Å². The number of aromatic nitrogens is 2. The van der Waals surface area contributed by atoms with Crippen molar-refractivity contribution in [3.8, 4) is 0 Å². The summed E-state index contributed by atoms with van der Waals surface area (Å²) in [5, 5.41) is 3.19. The smallest absolute Gasteiger partial charge is 0.144 e. The van der Waals surface area contributed by atoms with Gasteiger partial charge in [0.25, 0.3) is 0 Å². The molecule has 0 aromatic carbocycles. The van der Waals surface area contributed by atoms with Gasteiger partial charge < -0.3 is 5.32 Å². The van der Waals surface area contributed by atoms with Gasteiger partial charge in [-0.15, -0.1) is 0 Å². The van der Waals surface area contributed by atoms with Gasteiger partial charge in [-0.25, -0.2) is 9.97 Å². The summed E-state index contributed by atoms with van der Waals surface area (Å²) >= 11 is 3.41. The van der Waals surface area contributed by atoms with Gasteiger partial charge in [-0.3, -0.25) is 0 Å². The average Bonchev–Trinajstić information content (AvgIpc) is 2.10. The van der Waals surface area contributed by atoms with Gasteiger partial charge >= 0.3 is 0 Å². The first-order chi connectivity index (χ1) is 6.63. The number of anilines is 1. The highest BCUT2D eigenvalue weighted by Gasteiger charge is 2.05. The van der Waals surface area contributed by atoms with Gasteiger partial charge in [0.15, 0.2) is 0 Å². The van der Waals surface area contributed by atoms with Crippen molar-refractivity contribution < 1.29 is 0 Å². The fourth-order valence-corrected chi connectivity index (χ4v) is 1.49. The van der Waals surface area contributed by atoms with Crippen molar-refractivity contribution in [2.24, 2.45) is 5.92 Å². The molecule has 0 aliphatic carbocycles. The quantitative estimate of drug-likeness (QED) is 0.902. The van der Waals surface area contributed by atoms with E-state index >= 15 is 0 Å². The number of nitrogens with one attached hydrogen (secondary N) is 1. The summed E-state index contributed by atoms with van der Waals surface area (Å²) in [7, 11) is 0. The Kier molecular flexibility index (Phi) is 4.32. The van der Waals surface area contributed by atoms with E-state index in [2.05, 4.69) is 52.0 Å². The van der Waals surface area contributed by atoms with Crippen LogP contribution in [0.5, 0.6) is 0 Å². The maximum atomic E-state index is 4.43. The summed E-state index contributed by atoms with van der Waals surface area (Å²) in [5.74, 6) is 2.38. The second-order valence-corrected chi connectivity index (χ2v) is 4.47. The molecule has 0 amide bonds. The van der Waals surface area contributed by atoms with E-state index in [0.717, 1.165) is 29.1 Å². The van der Waals surface area contributed by atoms with Crippen LogP contribution in [0.4, 0.5) is 5.82 Å². The predicted molar refractivity (Wildman–Crippen MR) is 62.4 cm³/mol. The average molecular weight is 258 g/mol. The topological polar surface area (TPSA) is 37.8 Å². The van der Waals surface area contributed by atoms with Crippen LogP contribution >= 0.6 is 15.9 Å². The lowest BCUT2D eigenvalue weighted by atomic mass is 10.1. The molecule has 78 valence electrons. The van der Waals surface area contributed by atoms with E-state index in [4.69, 9.17) is 0 Å². The zero-order chi connectivity index (χ0) is 10.6. The van der Waals surface area contributed by atoms with Crippen LogP contribution in [-0.4, -0.2) is 16.5 Å². The molecule has 0 saturated carbocycles. The van der Waals surface area contributed by atoms with Gasteiger partial charge in [0.1, 0.15) is 11.6 Å². The molecule has 1 rings (SSSR count). The fraction of sp³-hybridized carbons (Fsp3) is 0.600. The van der Waals surface area contributed by atoms with Crippen molar-refractivity contribution in [2.45, 2.75) is 27.2 Å². The molecule has 0 atom stereocenters. The molecule has 0 unspecified atom stereocenters. The van der Waals surface area contributed by atoms with Crippen molar-refractivity contribution in [3.63, 3.8) is 0 Å². The van der Waals surface area contributed by atoms with Crippen LogP contribution in [0.25, 0.3) is 0 Å². The van der Waals surface area contributed by atoms with Crippen LogP contribution in [0.3, 0.4) is 0 Å². The molecule has 0 fully saturated rings. The molecule has 14 heavy (non-hydrogen) atoms. The Morgan fingerprint density at radius 1 is 1.50 bits per heavy atom. The molecule has 0 aliphatic rings. The highest BCUT2D eigenvalue weighted by Crippen LogP contribution is 2.19. The lowest BCUT2D eigenvalue weighted by molar-refractivity contribution is 0.620. The van der Waals surface area contributed by atoms with E-state index in [1.807, 2.05) is 6.20 Å². The van der Waals surface area contributed by atoms with Crippen LogP contribution < -0.4 is 5.32 Å². The molecule has 1 heterocycles. The minimum absolute atomic E-state index is 0.589. The normalized spacial score (nSPS) is 10.6. The molecule has 1 aromatic heterocycles. The van der Waals surface area contributed by atoms with Gasteiger partial charge in [-0.2, -0.15) is 0 Å². The number of hydrogen-bond donors (Lipinski definition) is 1. The predicted octanol–water partition coefficient (Wildman–Crippen LogP) is 2.87. The Morgan fingerprint density at radius 3 is 2.79 bits per heavy atom. The Hall–Kier alpha value is -0.640. The number of hydrogen-bond acceptors (Lipinski definition) is 3. The van der Waals surface area contributed by atoms with Crippen LogP contribution in [-0.2, 0) is 6.42 Å². The van der Waals surface area contributed by atoms with Crippen molar-refractivity contribution in [2.75, 3.05) is 11.9 Å². The Bertz CT molecular complexity index is 299. The number of rotatable bonds is 4. The summed E-state index contributed by atoms with van der Waals surface area (Å²) in [6.07, 6.45) is 2.73. The summed E-state index contributed by atoms with van der Waals surface area (Å²) in [4.78, 5) is 8.70. The van der Waals surface area contributed by atoms with Crippen LogP contribution in [0.15, 0.2) is 10.7 Å². The SMILES string of the molecule is CCNc1nc(CC(C)C)ncc1Br. The molecule has 0 spiro atoms. The molecule has 3 nitrogen and oxygen atoms in total. The maximum Gasteiger partial charge on any atom is 0.144 e. The van der Waals surface area contributed by atoms with Crippen molar-refractivity contribution in [3.05, 3.63) is 16.5 Å². The molecule has 1 N–H and O–H groups in total. The van der Waals surface area contributed by atoms with E-state index in [0.29, 0.717) is 5.92 Å². The van der Waals surface area contributed by atoms with Crippen LogP contribution in [0, 0.1) is 5.92 Å². The van der Waals surface area contributed by atoms with E-state index in [9.17, 15) is 0 Å². The Morgan fingerprint density at radius 2 is 2.21 bits per heavy atom. The lowest BCUT2D eigenvalue weighted by Crippen LogP contribution is -2.06. The molecule has 0 radical (unpaired) electrons. The van der Waals surface area contributed by atoms with Gasteiger partial charge in [0, 0.05) is 19.2 Å². The van der Waals surface area contributed by atoms with Crippen LogP contribution in [0.2, 0.25) is 0 Å². The van der Waals surface area contributed by atoms with E-state index in [1.165, 1.54) is 0 Å². The minimum atomic E-state index is 0.589. The Labute approximate surface area is 93.5 Å². The highest BCUT2D eigenvalue weighted by molar-refractivity contribution is 9.10. The first-order valence-corrected chi connectivity index (χ1v) is 5.68. The van der Waals surface area contributed by atoms with Crippen LogP contribution in [0.1, 0.15) is 26.6 Å². The van der Waals surface area contributed by atoms with E-state index < -0.39 is 0 Å². The molecular weight excluding hydrogens is 242 g/mol. The van der Waals surface area contributed by atoms with E-state index in [1.54, 1.807) is 0 Å². The third-order valence-electron chi connectivity index (χ3n) is 1.73. The third kappa shape index (κ3) is 3.25. The summed E-state index contributed by atoms with van der Waals surface area (Å²) < 4.78 is 0.923. The maximum absolute atomic E-state index is 4.43. The largest absolute Gasteiger partial charge is 0.369 e. The second kappa shape index (κ2) is 5.29. The third-order valence-corrected chi connectivity index (χ3v) is 2.31. The summed E-state index contributed by atoms with van der Waals surface area (Å²) in [6.45, 7) is 7.25. The first kappa shape index (κ1) is 11.4. The minimum Gasteiger partial charge on any atom is -0.369 e. The fourth-order valence-electron chi connectivity index (χ4n) is 1.16. The van der Waals surface area contributed by atoms with Crippen molar-refractivity contribution in [1.82, 2.24) is 9.97 Å². The summed E-state index contributed by atoms with van der Waals surface area (Å²) in [5.41, 5.74) is 0. The van der Waals surface area contributed by atoms with Crippen molar-refractivity contribution in [1.29, 1.82) is 0 Å². The molecule has 4 heteroatoms. The number of nitrogens with zero attached hydrogens (tertiary/aromatic N) is 2. The Balaban J connectivity index is 2.83. The highest BCUT2D eigenvalue weighted by atomic mass is 79.9. The lowest BCUT2D eigenvalue weighted by Gasteiger charge is -2.08. The monoisotopic (exact) mass is 257 g/mol. The first-order valence-electron chi connectivity index (χ1n) is 4.88. The zero-order valence-corrected chi connectivity index (χ0v) is 10.4. The van der Waals surface area contributed by atoms with Gasteiger partial charge in [-0.1, -0.05) is 13.8 Å². The number of halogens is 1. The summed E-state index contributed by atoms with van der Waals surface area (Å²) in [6, 6.07) is 0. The molecule has 0 saturated heterocycles. The molecular formula is C10H16BrN3. The second-order valence-electron chi connectivity index (χ2n) is 3.61. The molecule has 0 aliphatic heterocycles.